The first-order chi connectivity index (χ1) is 33.0. The van der Waals surface area contributed by atoms with E-state index in [9.17, 15) is 20.3 Å². The summed E-state index contributed by atoms with van der Waals surface area (Å²) < 4.78 is 21.3. The van der Waals surface area contributed by atoms with Crippen LogP contribution in [-0.4, -0.2) is 70.3 Å². The second-order valence-corrected chi connectivity index (χ2v) is 19.0. The number of amides is 1. The van der Waals surface area contributed by atoms with E-state index in [0.717, 1.165) is 59.4 Å². The Morgan fingerprint density at radius 2 is 1.66 bits per heavy atom. The number of unbranched alkanes of at least 4 members (excludes halogenated alkanes) is 2. The van der Waals surface area contributed by atoms with E-state index in [1.807, 2.05) is 74.2 Å². The van der Waals surface area contributed by atoms with Crippen molar-refractivity contribution >= 4 is 28.7 Å². The fraction of sp³-hybridized carbons (Fsp3) is 0.368. The lowest BCUT2D eigenvalue weighted by Gasteiger charge is -2.60. The SMILES string of the molecule is C=CCO[C@@]12Oc3ccc(Oc4cccc(C=O)c4)cc3[C@H]3[C@H](CCCCO)[C@@H](CCCCO)C=C(C(=NOC(C)(C)C)C[C@@H]1N(Cc1cccc4ccccc14)C(=O)c1ccc(C#N)cc1)[C@H]32. The first-order valence-corrected chi connectivity index (χ1v) is 23.8. The second-order valence-electron chi connectivity index (χ2n) is 19.0. The van der Waals surface area contributed by atoms with Crippen molar-refractivity contribution < 1.29 is 38.9 Å². The summed E-state index contributed by atoms with van der Waals surface area (Å²) in [6.45, 7) is 10.4. The highest BCUT2D eigenvalue weighted by Gasteiger charge is 2.65. The molecule has 0 radical (unpaired) electrons. The van der Waals surface area contributed by atoms with Crippen molar-refractivity contribution in [3.8, 4) is 23.3 Å². The van der Waals surface area contributed by atoms with E-state index in [1.165, 1.54) is 0 Å². The normalized spacial score (nSPS) is 22.2. The second kappa shape index (κ2) is 21.2. The van der Waals surface area contributed by atoms with E-state index in [1.54, 1.807) is 48.5 Å². The molecule has 2 N–H and O–H groups in total. The highest BCUT2D eigenvalue weighted by atomic mass is 16.7. The molecule has 1 amide bonds. The molecule has 0 saturated heterocycles. The molecule has 1 aliphatic heterocycles. The van der Waals surface area contributed by atoms with Gasteiger partial charge in [0.1, 0.15) is 35.2 Å². The van der Waals surface area contributed by atoms with E-state index < -0.39 is 23.3 Å². The Labute approximate surface area is 399 Å². The molecule has 6 atom stereocenters. The van der Waals surface area contributed by atoms with Gasteiger partial charge in [-0.2, -0.15) is 5.26 Å². The van der Waals surface area contributed by atoms with Gasteiger partial charge in [0.2, 0.25) is 5.79 Å². The summed E-state index contributed by atoms with van der Waals surface area (Å²) in [6.07, 6.45) is 9.41. The molecule has 2 aliphatic carbocycles. The van der Waals surface area contributed by atoms with Crippen LogP contribution in [0.1, 0.15) is 109 Å². The lowest BCUT2D eigenvalue weighted by molar-refractivity contribution is -0.255. The van der Waals surface area contributed by atoms with Crippen molar-refractivity contribution in [3.63, 3.8) is 0 Å². The van der Waals surface area contributed by atoms with Gasteiger partial charge in [-0.15, -0.1) is 6.58 Å². The number of hydrogen-bond donors (Lipinski definition) is 2. The monoisotopic (exact) mass is 915 g/mol. The van der Waals surface area contributed by atoms with Gasteiger partial charge in [-0.1, -0.05) is 84.7 Å². The summed E-state index contributed by atoms with van der Waals surface area (Å²) in [4.78, 5) is 35.6. The number of carbonyl (C=O) groups is 2. The quantitative estimate of drug-likeness (QED) is 0.0357. The van der Waals surface area contributed by atoms with Crippen molar-refractivity contribution in [2.24, 2.45) is 22.9 Å². The number of fused-ring (bicyclic) bond motifs is 3. The van der Waals surface area contributed by atoms with Gasteiger partial charge in [0.05, 0.1) is 29.9 Å². The minimum Gasteiger partial charge on any atom is -0.459 e. The third-order valence-corrected chi connectivity index (χ3v) is 13.4. The van der Waals surface area contributed by atoms with Crippen LogP contribution in [-0.2, 0) is 16.1 Å². The molecule has 1 heterocycles. The van der Waals surface area contributed by atoms with Gasteiger partial charge in [-0.25, -0.2) is 0 Å². The number of aliphatic hydroxyl groups excluding tert-OH is 2. The molecule has 11 nitrogen and oxygen atoms in total. The molecular formula is C57H61N3O8. The average Bonchev–Trinajstić information content (AvgIpc) is 3.35. The zero-order valence-electron chi connectivity index (χ0n) is 39.2. The zero-order valence-corrected chi connectivity index (χ0v) is 39.2. The van der Waals surface area contributed by atoms with E-state index in [4.69, 9.17) is 24.2 Å². The maximum atomic E-state index is 15.6. The lowest BCUT2D eigenvalue weighted by atomic mass is 9.55. The summed E-state index contributed by atoms with van der Waals surface area (Å²) in [6, 6.07) is 35.1. The number of nitriles is 1. The number of rotatable bonds is 19. The molecule has 11 heteroatoms. The number of ether oxygens (including phenoxy) is 3. The molecule has 1 fully saturated rings. The number of oxime groups is 1. The molecule has 0 bridgehead atoms. The smallest absolute Gasteiger partial charge is 0.254 e. The highest BCUT2D eigenvalue weighted by Crippen LogP contribution is 2.62. The summed E-state index contributed by atoms with van der Waals surface area (Å²) in [5.74, 6) is -0.976. The van der Waals surface area contributed by atoms with E-state index in [-0.39, 0.29) is 56.4 Å². The first kappa shape index (κ1) is 47.9. The zero-order chi connectivity index (χ0) is 47.8. The largest absolute Gasteiger partial charge is 0.459 e. The highest BCUT2D eigenvalue weighted by molar-refractivity contribution is 6.03. The molecule has 0 spiro atoms. The minimum atomic E-state index is -1.52. The molecule has 0 unspecified atom stereocenters. The molecule has 5 aromatic rings. The Bertz CT molecular complexity index is 2710. The standard InChI is InChI=1S/C57H61N3O8/c1-5-30-65-57-52(60(55(64)41-24-22-38(35-58)23-25-41)36-43-18-13-17-40-15-6-7-20-46(40)43)34-50(59-68-56(2,3)4)48-32-42(16-8-10-28-61)47(21-9-11-29-62)53(54(48)57)49-33-45(26-27-51(49)67-57)66-44-19-12-14-39(31-44)37-63/h5-7,12-15,17-20,22-27,31-33,37,42,47,52-54,61-62H,1,8-11,16,21,28-30,34,36H2,2-4H3/t42-,47+,52-,53+,54+,57+/m0/s1. The number of allylic oxidation sites excluding steroid dienone is 1. The third kappa shape index (κ3) is 10.1. The van der Waals surface area contributed by atoms with Crippen molar-refractivity contribution in [3.05, 3.63) is 161 Å². The predicted octanol–water partition coefficient (Wildman–Crippen LogP) is 11.1. The third-order valence-electron chi connectivity index (χ3n) is 13.4. The van der Waals surface area contributed by atoms with Gasteiger partial charge < -0.3 is 34.2 Å². The number of benzene rings is 5. The fourth-order valence-corrected chi connectivity index (χ4v) is 10.5. The van der Waals surface area contributed by atoms with Gasteiger partial charge in [0, 0.05) is 48.8 Å². The minimum absolute atomic E-state index is 0.0127. The van der Waals surface area contributed by atoms with Crippen molar-refractivity contribution in [2.75, 3.05) is 19.8 Å². The van der Waals surface area contributed by atoms with Crippen LogP contribution in [0.15, 0.2) is 139 Å². The fourth-order valence-electron chi connectivity index (χ4n) is 10.5. The van der Waals surface area contributed by atoms with Crippen LogP contribution >= 0.6 is 0 Å². The van der Waals surface area contributed by atoms with Gasteiger partial charge in [0.15, 0.2) is 0 Å². The van der Waals surface area contributed by atoms with E-state index in [2.05, 4.69) is 36.9 Å². The topological polar surface area (TPSA) is 151 Å². The van der Waals surface area contributed by atoms with Crippen LogP contribution in [0.4, 0.5) is 0 Å². The number of nitrogens with zero attached hydrogens (tertiary/aromatic N) is 3. The molecule has 8 rings (SSSR count). The van der Waals surface area contributed by atoms with E-state index in [0.29, 0.717) is 52.5 Å². The predicted molar refractivity (Wildman–Crippen MR) is 263 cm³/mol. The van der Waals surface area contributed by atoms with Gasteiger partial charge >= 0.3 is 0 Å². The van der Waals surface area contributed by atoms with Crippen LogP contribution in [0, 0.1) is 29.1 Å². The molecule has 0 aromatic heterocycles. The van der Waals surface area contributed by atoms with Gasteiger partial charge in [-0.3, -0.25) is 9.59 Å². The molecule has 5 aromatic carbocycles. The Kier molecular flexibility index (Phi) is 14.9. The molecule has 352 valence electrons. The van der Waals surface area contributed by atoms with Gasteiger partial charge in [-0.05, 0) is 135 Å². The Balaban J connectivity index is 1.39. The maximum absolute atomic E-state index is 15.6. The number of hydrogen-bond acceptors (Lipinski definition) is 10. The number of aldehydes is 1. The first-order valence-electron chi connectivity index (χ1n) is 23.8. The lowest BCUT2D eigenvalue weighted by Crippen LogP contribution is -2.70. The maximum Gasteiger partial charge on any atom is 0.254 e. The van der Waals surface area contributed by atoms with Crippen LogP contribution in [0.25, 0.3) is 10.8 Å². The summed E-state index contributed by atoms with van der Waals surface area (Å²) in [5, 5.41) is 36.9. The Morgan fingerprint density at radius 1 is 0.926 bits per heavy atom. The van der Waals surface area contributed by atoms with Crippen molar-refractivity contribution in [1.82, 2.24) is 4.90 Å². The molecule has 3 aliphatic rings. The number of carbonyl (C=O) groups excluding carboxylic acids is 2. The summed E-state index contributed by atoms with van der Waals surface area (Å²) in [7, 11) is 0. The van der Waals surface area contributed by atoms with Crippen LogP contribution in [0.2, 0.25) is 0 Å². The van der Waals surface area contributed by atoms with Crippen LogP contribution < -0.4 is 9.47 Å². The van der Waals surface area contributed by atoms with Crippen molar-refractivity contribution in [1.29, 1.82) is 5.26 Å². The Morgan fingerprint density at radius 3 is 2.40 bits per heavy atom. The summed E-state index contributed by atoms with van der Waals surface area (Å²) in [5.41, 5.74) is 4.10. The number of aliphatic hydroxyl groups is 2. The van der Waals surface area contributed by atoms with Crippen LogP contribution in [0.5, 0.6) is 17.2 Å². The Hall–Kier alpha value is -6.58. The van der Waals surface area contributed by atoms with E-state index >= 15 is 4.79 Å². The molecular weight excluding hydrogens is 855 g/mol. The van der Waals surface area contributed by atoms with Crippen LogP contribution in [0.3, 0.4) is 0 Å². The molecule has 68 heavy (non-hydrogen) atoms. The van der Waals surface area contributed by atoms with Gasteiger partial charge in [0.25, 0.3) is 5.91 Å². The summed E-state index contributed by atoms with van der Waals surface area (Å²) >= 11 is 0. The average molecular weight is 916 g/mol. The van der Waals surface area contributed by atoms with Crippen molar-refractivity contribution in [2.45, 2.75) is 95.6 Å². The molecule has 1 saturated carbocycles.